The Hall–Kier alpha value is -1.79. The molecule has 0 radical (unpaired) electrons. The molecule has 0 aromatic heterocycles. The number of carbonyl (C=O) groups is 1. The van der Waals surface area contributed by atoms with Crippen LogP contribution in [0.2, 0.25) is 0 Å². The highest BCUT2D eigenvalue weighted by Crippen LogP contribution is 2.30. The summed E-state index contributed by atoms with van der Waals surface area (Å²) in [5.41, 5.74) is 0. The van der Waals surface area contributed by atoms with Gasteiger partial charge in [0.15, 0.2) is 12.6 Å². The Balaban J connectivity index is 1.63. The van der Waals surface area contributed by atoms with E-state index >= 15 is 0 Å². The summed E-state index contributed by atoms with van der Waals surface area (Å²) >= 11 is 0. The van der Waals surface area contributed by atoms with E-state index in [0.29, 0.717) is 19.3 Å². The summed E-state index contributed by atoms with van der Waals surface area (Å²) < 4.78 is 22.9. The number of hydrogen-bond acceptors (Lipinski definition) is 13. The zero-order valence-corrected chi connectivity index (χ0v) is 56.5. The number of aliphatic hydroxyl groups excluding tert-OH is 8. The highest BCUT2D eigenvalue weighted by atomic mass is 16.7. The lowest BCUT2D eigenvalue weighted by Gasteiger charge is -2.46. The predicted molar refractivity (Wildman–Crippen MR) is 360 cm³/mol. The van der Waals surface area contributed by atoms with Crippen LogP contribution in [0.25, 0.3) is 0 Å². The molecular formula is C74H139NO13. The molecular weight excluding hydrogens is 1110 g/mol. The Labute approximate surface area is 538 Å². The highest BCUT2D eigenvalue weighted by Gasteiger charge is 2.51. The molecule has 0 aromatic carbocycles. The van der Waals surface area contributed by atoms with Gasteiger partial charge in [-0.2, -0.15) is 0 Å². The molecule has 0 bridgehead atoms. The van der Waals surface area contributed by atoms with E-state index in [1.807, 2.05) is 0 Å². The molecule has 0 aliphatic carbocycles. The molecule has 0 aromatic rings. The number of aliphatic hydroxyl groups is 8. The van der Waals surface area contributed by atoms with Gasteiger partial charge in [0.1, 0.15) is 48.8 Å². The van der Waals surface area contributed by atoms with Crippen molar-refractivity contribution in [2.45, 2.75) is 408 Å². The lowest BCUT2D eigenvalue weighted by atomic mass is 9.97. The first-order valence-electron chi connectivity index (χ1n) is 37.2. The van der Waals surface area contributed by atoms with E-state index < -0.39 is 86.8 Å². The van der Waals surface area contributed by atoms with Crippen molar-refractivity contribution in [1.82, 2.24) is 5.32 Å². The second kappa shape index (κ2) is 59.0. The second-order valence-electron chi connectivity index (χ2n) is 26.4. The molecule has 0 spiro atoms. The molecule has 14 heteroatoms. The number of amides is 1. The van der Waals surface area contributed by atoms with Crippen LogP contribution in [0.5, 0.6) is 0 Å². The number of ether oxygens (including phenoxy) is 4. The van der Waals surface area contributed by atoms with E-state index in [4.69, 9.17) is 18.9 Å². The number of unbranched alkanes of at least 4 members (excludes halogenated alkanes) is 43. The van der Waals surface area contributed by atoms with E-state index in [0.717, 1.165) is 77.0 Å². The van der Waals surface area contributed by atoms with Crippen LogP contribution in [0, 0.1) is 0 Å². The molecule has 0 saturated carbocycles. The van der Waals surface area contributed by atoms with Crippen molar-refractivity contribution >= 4 is 5.91 Å². The van der Waals surface area contributed by atoms with Gasteiger partial charge in [-0.05, 0) is 51.4 Å². The number of carbonyl (C=O) groups excluding carboxylic acids is 1. The van der Waals surface area contributed by atoms with E-state index in [1.165, 1.54) is 225 Å². The maximum Gasteiger partial charge on any atom is 0.220 e. The van der Waals surface area contributed by atoms with Crippen LogP contribution in [0.3, 0.4) is 0 Å². The van der Waals surface area contributed by atoms with Crippen LogP contribution >= 0.6 is 0 Å². The van der Waals surface area contributed by atoms with Crippen molar-refractivity contribution in [1.29, 1.82) is 0 Å². The van der Waals surface area contributed by atoms with Gasteiger partial charge in [0, 0.05) is 6.42 Å². The van der Waals surface area contributed by atoms with Gasteiger partial charge in [-0.25, -0.2) is 0 Å². The van der Waals surface area contributed by atoms with Gasteiger partial charge in [0.05, 0.1) is 32.0 Å². The summed E-state index contributed by atoms with van der Waals surface area (Å²) in [7, 11) is 0. The second-order valence-corrected chi connectivity index (χ2v) is 26.4. The van der Waals surface area contributed by atoms with Crippen LogP contribution in [-0.4, -0.2) is 140 Å². The molecule has 12 unspecified atom stereocenters. The summed E-state index contributed by atoms with van der Waals surface area (Å²) in [6.45, 7) is 2.89. The third-order valence-corrected chi connectivity index (χ3v) is 18.4. The third-order valence-electron chi connectivity index (χ3n) is 18.4. The molecule has 88 heavy (non-hydrogen) atoms. The Bertz CT molecular complexity index is 1620. The SMILES string of the molecule is CCCCCCC/C=C\C/C=C\C/C=C\CCCCCCCCC(=O)NC(COC1OC(CO)C(OC2OC(CO)C(O)C(O)C2O)C(O)C1O)C(O)CCCCCCCCCCCCCCCCCCCCCCCCCCCCCCCCCCC. The first-order chi connectivity index (χ1) is 43.1. The van der Waals surface area contributed by atoms with Gasteiger partial charge in [-0.1, -0.05) is 314 Å². The number of rotatable bonds is 62. The Morgan fingerprint density at radius 1 is 0.409 bits per heavy atom. The Morgan fingerprint density at radius 2 is 0.750 bits per heavy atom. The minimum Gasteiger partial charge on any atom is -0.394 e. The van der Waals surface area contributed by atoms with E-state index in [-0.39, 0.29) is 12.5 Å². The summed E-state index contributed by atoms with van der Waals surface area (Å²) in [5.74, 6) is -0.215. The molecule has 2 heterocycles. The molecule has 518 valence electrons. The largest absolute Gasteiger partial charge is 0.394 e. The molecule has 9 N–H and O–H groups in total. The van der Waals surface area contributed by atoms with Gasteiger partial charge >= 0.3 is 0 Å². The van der Waals surface area contributed by atoms with Gasteiger partial charge in [-0.3, -0.25) is 4.79 Å². The minimum absolute atomic E-state index is 0.215. The first kappa shape index (κ1) is 82.3. The zero-order valence-electron chi connectivity index (χ0n) is 56.5. The number of nitrogens with one attached hydrogen (secondary N) is 1. The van der Waals surface area contributed by atoms with Crippen LogP contribution in [0.4, 0.5) is 0 Å². The van der Waals surface area contributed by atoms with Gasteiger partial charge in [-0.15, -0.1) is 0 Å². The molecule has 2 aliphatic heterocycles. The van der Waals surface area contributed by atoms with Crippen LogP contribution < -0.4 is 5.32 Å². The normalized spacial score (nSPS) is 23.3. The number of hydrogen-bond donors (Lipinski definition) is 9. The van der Waals surface area contributed by atoms with Crippen LogP contribution in [0.15, 0.2) is 36.5 Å². The smallest absolute Gasteiger partial charge is 0.220 e. The average Bonchev–Trinajstić information content (AvgIpc) is 2.01. The molecule has 2 aliphatic rings. The monoisotopic (exact) mass is 1250 g/mol. The fourth-order valence-electron chi connectivity index (χ4n) is 12.4. The van der Waals surface area contributed by atoms with E-state index in [9.17, 15) is 45.6 Å². The van der Waals surface area contributed by atoms with Crippen molar-refractivity contribution in [3.8, 4) is 0 Å². The van der Waals surface area contributed by atoms with Crippen LogP contribution in [-0.2, 0) is 23.7 Å². The highest BCUT2D eigenvalue weighted by molar-refractivity contribution is 5.76. The van der Waals surface area contributed by atoms with Gasteiger partial charge in [0.2, 0.25) is 5.91 Å². The average molecular weight is 1250 g/mol. The first-order valence-corrected chi connectivity index (χ1v) is 37.2. The third kappa shape index (κ3) is 42.4. The predicted octanol–water partition coefficient (Wildman–Crippen LogP) is 15.7. The van der Waals surface area contributed by atoms with E-state index in [1.54, 1.807) is 0 Å². The van der Waals surface area contributed by atoms with Crippen molar-refractivity contribution in [3.05, 3.63) is 36.5 Å². The molecule has 14 nitrogen and oxygen atoms in total. The van der Waals surface area contributed by atoms with E-state index in [2.05, 4.69) is 55.6 Å². The molecule has 2 rings (SSSR count). The summed E-state index contributed by atoms with van der Waals surface area (Å²) in [6.07, 6.45) is 58.9. The summed E-state index contributed by atoms with van der Waals surface area (Å²) in [6, 6.07) is -0.838. The molecule has 12 atom stereocenters. The molecule has 1 amide bonds. The van der Waals surface area contributed by atoms with Gasteiger partial charge < -0.3 is 65.1 Å². The topological polar surface area (TPSA) is 228 Å². The summed E-state index contributed by atoms with van der Waals surface area (Å²) in [5, 5.41) is 87.7. The Morgan fingerprint density at radius 3 is 1.15 bits per heavy atom. The lowest BCUT2D eigenvalue weighted by Crippen LogP contribution is -2.65. The standard InChI is InChI=1S/C74H139NO13/c1-3-5-7-9-11-13-15-17-19-21-23-25-26-27-28-29-30-31-32-33-34-35-36-38-39-41-43-45-47-49-51-53-55-57-63(78)62(61-85-73-71(84)69(82)72(65(60-77)87-73)88-74-70(83)68(81)67(80)64(59-76)86-74)75-66(79)58-56-54-52-50-48-46-44-42-40-37-24-22-20-18-16-14-12-10-8-6-4-2/h16,18,22,24,40,42,62-65,67-74,76-78,80-84H,3-15,17,19-21,23,25-39,41,43-61H2,1-2H3,(H,75,79)/b18-16-,24-22-,42-40-. The maximum absolute atomic E-state index is 13.3. The van der Waals surface area contributed by atoms with Crippen molar-refractivity contribution < 1.29 is 64.6 Å². The number of allylic oxidation sites excluding steroid dienone is 6. The van der Waals surface area contributed by atoms with Crippen molar-refractivity contribution in [3.63, 3.8) is 0 Å². The molecule has 2 fully saturated rings. The maximum atomic E-state index is 13.3. The van der Waals surface area contributed by atoms with Crippen molar-refractivity contribution in [2.75, 3.05) is 19.8 Å². The molecule has 2 saturated heterocycles. The minimum atomic E-state index is -1.79. The fourth-order valence-corrected chi connectivity index (χ4v) is 12.4. The van der Waals surface area contributed by atoms with Gasteiger partial charge in [0.25, 0.3) is 0 Å². The fraction of sp³-hybridized carbons (Fsp3) is 0.905. The summed E-state index contributed by atoms with van der Waals surface area (Å²) in [4.78, 5) is 13.3. The van der Waals surface area contributed by atoms with Crippen molar-refractivity contribution in [2.24, 2.45) is 0 Å². The lowest BCUT2D eigenvalue weighted by molar-refractivity contribution is -0.359. The Kier molecular flexibility index (Phi) is 55.2. The zero-order chi connectivity index (χ0) is 63.8. The quantitative estimate of drug-likeness (QED) is 0.0204. The van der Waals surface area contributed by atoms with Crippen LogP contribution in [0.1, 0.15) is 335 Å².